The number of para-hydroxylation sites is 2. The number of imidazole rings is 1. The quantitative estimate of drug-likeness (QED) is 0.786. The first-order valence-electron chi connectivity index (χ1n) is 7.68. The number of fused-ring (bicyclic) bond motifs is 1. The van der Waals surface area contributed by atoms with Crippen molar-refractivity contribution in [2.75, 3.05) is 6.54 Å². The standard InChI is InChI=1S/C18H19N3O2/c1-2-20(12-14-8-4-3-5-9-14)17(22)13-21-16-11-7-6-10-15(16)19-18(21)23/h3-11H,2,12-13H2,1H3,(H,19,23). The van der Waals surface area contributed by atoms with Crippen molar-refractivity contribution in [3.05, 3.63) is 70.6 Å². The summed E-state index contributed by atoms with van der Waals surface area (Å²) < 4.78 is 1.49. The molecule has 0 atom stereocenters. The van der Waals surface area contributed by atoms with Crippen molar-refractivity contribution in [1.29, 1.82) is 0 Å². The van der Waals surface area contributed by atoms with Gasteiger partial charge in [-0.25, -0.2) is 4.79 Å². The lowest BCUT2D eigenvalue weighted by atomic mass is 10.2. The molecule has 2 aromatic carbocycles. The molecule has 118 valence electrons. The number of hydrogen-bond donors (Lipinski definition) is 1. The van der Waals surface area contributed by atoms with Crippen LogP contribution in [0.4, 0.5) is 0 Å². The highest BCUT2D eigenvalue weighted by atomic mass is 16.2. The normalized spacial score (nSPS) is 10.8. The second kappa shape index (κ2) is 6.52. The van der Waals surface area contributed by atoms with Gasteiger partial charge in [0.2, 0.25) is 5.91 Å². The summed E-state index contributed by atoms with van der Waals surface area (Å²) in [7, 11) is 0. The number of aromatic amines is 1. The Labute approximate surface area is 134 Å². The van der Waals surface area contributed by atoms with Gasteiger partial charge in [-0.15, -0.1) is 0 Å². The molecule has 0 aliphatic carbocycles. The fourth-order valence-electron chi connectivity index (χ4n) is 2.68. The average Bonchev–Trinajstić information content (AvgIpc) is 2.89. The lowest BCUT2D eigenvalue weighted by Crippen LogP contribution is -2.35. The molecule has 1 N–H and O–H groups in total. The zero-order valence-electron chi connectivity index (χ0n) is 13.0. The van der Waals surface area contributed by atoms with Crippen LogP contribution in [-0.4, -0.2) is 26.9 Å². The molecule has 3 rings (SSSR count). The number of hydrogen-bond acceptors (Lipinski definition) is 2. The number of H-pyrrole nitrogens is 1. The summed E-state index contributed by atoms with van der Waals surface area (Å²) in [6, 6.07) is 17.2. The third-order valence-electron chi connectivity index (χ3n) is 3.93. The van der Waals surface area contributed by atoms with Crippen LogP contribution in [0.2, 0.25) is 0 Å². The Bertz CT molecular complexity index is 865. The molecule has 0 fully saturated rings. The van der Waals surface area contributed by atoms with E-state index in [0.717, 1.165) is 16.6 Å². The fraction of sp³-hybridized carbons (Fsp3) is 0.222. The van der Waals surface area contributed by atoms with Gasteiger partial charge in [-0.05, 0) is 24.6 Å². The van der Waals surface area contributed by atoms with Gasteiger partial charge in [0.05, 0.1) is 11.0 Å². The topological polar surface area (TPSA) is 58.1 Å². The van der Waals surface area contributed by atoms with Crippen LogP contribution in [-0.2, 0) is 17.9 Å². The summed E-state index contributed by atoms with van der Waals surface area (Å²) >= 11 is 0. The van der Waals surface area contributed by atoms with Crippen LogP contribution in [0.25, 0.3) is 11.0 Å². The summed E-state index contributed by atoms with van der Waals surface area (Å²) in [6.07, 6.45) is 0. The second-order valence-corrected chi connectivity index (χ2v) is 5.43. The Hall–Kier alpha value is -2.82. The number of likely N-dealkylation sites (N-methyl/N-ethyl adjacent to an activating group) is 1. The van der Waals surface area contributed by atoms with E-state index in [-0.39, 0.29) is 18.1 Å². The van der Waals surface area contributed by atoms with Crippen LogP contribution in [0.1, 0.15) is 12.5 Å². The molecule has 1 amide bonds. The third kappa shape index (κ3) is 3.18. The molecule has 5 nitrogen and oxygen atoms in total. The van der Waals surface area contributed by atoms with Crippen LogP contribution < -0.4 is 5.69 Å². The second-order valence-electron chi connectivity index (χ2n) is 5.43. The maximum atomic E-state index is 12.6. The number of amides is 1. The Morgan fingerprint density at radius 3 is 2.52 bits per heavy atom. The Kier molecular flexibility index (Phi) is 4.28. The van der Waals surface area contributed by atoms with E-state index in [2.05, 4.69) is 4.98 Å². The van der Waals surface area contributed by atoms with Gasteiger partial charge in [0.25, 0.3) is 0 Å². The van der Waals surface area contributed by atoms with E-state index >= 15 is 0 Å². The van der Waals surface area contributed by atoms with E-state index in [1.54, 1.807) is 4.90 Å². The first-order chi connectivity index (χ1) is 11.2. The van der Waals surface area contributed by atoms with E-state index in [4.69, 9.17) is 0 Å². The minimum Gasteiger partial charge on any atom is -0.337 e. The highest BCUT2D eigenvalue weighted by molar-refractivity contribution is 5.80. The summed E-state index contributed by atoms with van der Waals surface area (Å²) in [5.41, 5.74) is 2.32. The molecule has 0 radical (unpaired) electrons. The van der Waals surface area contributed by atoms with Gasteiger partial charge in [-0.2, -0.15) is 0 Å². The molecule has 0 bridgehead atoms. The third-order valence-corrected chi connectivity index (χ3v) is 3.93. The van der Waals surface area contributed by atoms with Crippen LogP contribution in [0.3, 0.4) is 0 Å². The molecule has 0 aliphatic heterocycles. The molecule has 3 aromatic rings. The predicted molar refractivity (Wildman–Crippen MR) is 90.1 cm³/mol. The molecule has 23 heavy (non-hydrogen) atoms. The first kappa shape index (κ1) is 15.1. The lowest BCUT2D eigenvalue weighted by molar-refractivity contribution is -0.132. The van der Waals surface area contributed by atoms with Gasteiger partial charge in [0, 0.05) is 13.1 Å². The number of rotatable bonds is 5. The van der Waals surface area contributed by atoms with Crippen LogP contribution in [0.15, 0.2) is 59.4 Å². The maximum Gasteiger partial charge on any atom is 0.326 e. The molecule has 0 spiro atoms. The summed E-state index contributed by atoms with van der Waals surface area (Å²) in [5.74, 6) is -0.0665. The van der Waals surface area contributed by atoms with E-state index in [1.165, 1.54) is 4.57 Å². The van der Waals surface area contributed by atoms with Crippen LogP contribution in [0, 0.1) is 0 Å². The number of carbonyl (C=O) groups excluding carboxylic acids is 1. The van der Waals surface area contributed by atoms with Crippen molar-refractivity contribution in [3.63, 3.8) is 0 Å². The smallest absolute Gasteiger partial charge is 0.326 e. The SMILES string of the molecule is CCN(Cc1ccccc1)C(=O)Cn1c(=O)[nH]c2ccccc21. The lowest BCUT2D eigenvalue weighted by Gasteiger charge is -2.21. The molecule has 0 saturated heterocycles. The Morgan fingerprint density at radius 2 is 1.78 bits per heavy atom. The Morgan fingerprint density at radius 1 is 1.09 bits per heavy atom. The number of benzene rings is 2. The molecule has 5 heteroatoms. The molecule has 0 saturated carbocycles. The largest absolute Gasteiger partial charge is 0.337 e. The van der Waals surface area contributed by atoms with Gasteiger partial charge < -0.3 is 9.88 Å². The minimum atomic E-state index is -0.254. The van der Waals surface area contributed by atoms with Crippen molar-refractivity contribution >= 4 is 16.9 Å². The van der Waals surface area contributed by atoms with E-state index < -0.39 is 0 Å². The predicted octanol–water partition coefficient (Wildman–Crippen LogP) is 2.38. The highest BCUT2D eigenvalue weighted by Crippen LogP contribution is 2.10. The van der Waals surface area contributed by atoms with E-state index in [9.17, 15) is 9.59 Å². The number of nitrogens with one attached hydrogen (secondary N) is 1. The number of carbonyl (C=O) groups is 1. The first-order valence-corrected chi connectivity index (χ1v) is 7.68. The van der Waals surface area contributed by atoms with Crippen molar-refractivity contribution in [1.82, 2.24) is 14.5 Å². The summed E-state index contributed by atoms with van der Waals surface area (Å²) in [4.78, 5) is 29.2. The summed E-state index contributed by atoms with van der Waals surface area (Å²) in [5, 5.41) is 0. The van der Waals surface area contributed by atoms with Gasteiger partial charge in [-0.1, -0.05) is 42.5 Å². The van der Waals surface area contributed by atoms with E-state index in [0.29, 0.717) is 13.1 Å². The van der Waals surface area contributed by atoms with Gasteiger partial charge in [0.1, 0.15) is 6.54 Å². The molecule has 1 aromatic heterocycles. The molecule has 1 heterocycles. The van der Waals surface area contributed by atoms with Gasteiger partial charge in [0.15, 0.2) is 0 Å². The number of nitrogens with zero attached hydrogens (tertiary/aromatic N) is 2. The van der Waals surface area contributed by atoms with Crippen molar-refractivity contribution in [3.8, 4) is 0 Å². The average molecular weight is 309 g/mol. The van der Waals surface area contributed by atoms with Crippen molar-refractivity contribution in [2.45, 2.75) is 20.0 Å². The van der Waals surface area contributed by atoms with Gasteiger partial charge >= 0.3 is 5.69 Å². The molecule has 0 unspecified atom stereocenters. The summed E-state index contributed by atoms with van der Waals surface area (Å²) in [6.45, 7) is 3.14. The number of aromatic nitrogens is 2. The monoisotopic (exact) mass is 309 g/mol. The molecular weight excluding hydrogens is 290 g/mol. The Balaban J connectivity index is 1.81. The zero-order chi connectivity index (χ0) is 16.2. The maximum absolute atomic E-state index is 12.6. The van der Waals surface area contributed by atoms with Gasteiger partial charge in [-0.3, -0.25) is 9.36 Å². The van der Waals surface area contributed by atoms with Crippen LogP contribution in [0.5, 0.6) is 0 Å². The van der Waals surface area contributed by atoms with Crippen molar-refractivity contribution in [2.24, 2.45) is 0 Å². The minimum absolute atomic E-state index is 0.0452. The molecule has 0 aliphatic rings. The fourth-order valence-corrected chi connectivity index (χ4v) is 2.68. The van der Waals surface area contributed by atoms with Crippen molar-refractivity contribution < 1.29 is 4.79 Å². The van der Waals surface area contributed by atoms with E-state index in [1.807, 2.05) is 61.5 Å². The molecular formula is C18H19N3O2. The zero-order valence-corrected chi connectivity index (χ0v) is 13.0. The van der Waals surface area contributed by atoms with Crippen LogP contribution >= 0.6 is 0 Å². The highest BCUT2D eigenvalue weighted by Gasteiger charge is 2.15.